The van der Waals surface area contributed by atoms with Crippen molar-refractivity contribution in [2.75, 3.05) is 31.3 Å². The number of nitrogens with zero attached hydrogens (tertiary/aromatic N) is 1. The van der Waals surface area contributed by atoms with Crippen LogP contribution < -0.4 is 15.4 Å². The van der Waals surface area contributed by atoms with Gasteiger partial charge in [0.25, 0.3) is 0 Å². The second-order valence-electron chi connectivity index (χ2n) is 4.38. The average molecular weight is 238 g/mol. The first kappa shape index (κ1) is 12.2. The molecule has 2 rings (SSSR count). The van der Waals surface area contributed by atoms with Gasteiger partial charge in [-0.25, -0.2) is 4.39 Å². The summed E-state index contributed by atoms with van der Waals surface area (Å²) < 4.78 is 17.1. The number of hydrogen-bond donors (Lipinski definition) is 1. The molecule has 1 aromatic carbocycles. The van der Waals surface area contributed by atoms with Gasteiger partial charge in [0.05, 0.1) is 0 Å². The molecule has 1 unspecified atom stereocenters. The number of halogens is 1. The van der Waals surface area contributed by atoms with Crippen LogP contribution in [0.5, 0.6) is 5.75 Å². The lowest BCUT2D eigenvalue weighted by atomic mass is 10.1. The molecule has 0 bridgehead atoms. The van der Waals surface area contributed by atoms with Gasteiger partial charge in [0.2, 0.25) is 0 Å². The Morgan fingerprint density at radius 1 is 1.35 bits per heavy atom. The van der Waals surface area contributed by atoms with Crippen molar-refractivity contribution in [3.8, 4) is 5.75 Å². The normalized spacial score (nSPS) is 20.4. The molecule has 17 heavy (non-hydrogen) atoms. The molecule has 1 aliphatic rings. The first-order valence-electron chi connectivity index (χ1n) is 6.09. The number of nitrogens with two attached hydrogens (primary N) is 1. The van der Waals surface area contributed by atoms with Gasteiger partial charge in [0, 0.05) is 24.8 Å². The van der Waals surface area contributed by atoms with E-state index in [2.05, 4.69) is 4.90 Å². The minimum atomic E-state index is -0.456. The van der Waals surface area contributed by atoms with Crippen LogP contribution in [0.2, 0.25) is 0 Å². The van der Waals surface area contributed by atoms with Gasteiger partial charge < -0.3 is 15.4 Å². The SMILES string of the molecule is NC1CCCN(c2ccc(OCCF)cc2)C1. The topological polar surface area (TPSA) is 38.5 Å². The van der Waals surface area contributed by atoms with E-state index in [1.165, 1.54) is 0 Å². The lowest BCUT2D eigenvalue weighted by Gasteiger charge is -2.32. The summed E-state index contributed by atoms with van der Waals surface area (Å²) in [5.41, 5.74) is 7.11. The molecule has 1 aliphatic heterocycles. The Balaban J connectivity index is 1.96. The van der Waals surface area contributed by atoms with Gasteiger partial charge in [-0.1, -0.05) is 0 Å². The number of ether oxygens (including phenoxy) is 1. The number of alkyl halides is 1. The van der Waals surface area contributed by atoms with Gasteiger partial charge in [-0.05, 0) is 37.1 Å². The average Bonchev–Trinajstić information content (AvgIpc) is 2.37. The first-order valence-corrected chi connectivity index (χ1v) is 6.09. The van der Waals surface area contributed by atoms with Crippen LogP contribution in [0.25, 0.3) is 0 Å². The molecule has 94 valence electrons. The summed E-state index contributed by atoms with van der Waals surface area (Å²) in [6.45, 7) is 1.62. The van der Waals surface area contributed by atoms with Crippen LogP contribution in [0.3, 0.4) is 0 Å². The minimum absolute atomic E-state index is 0.119. The molecule has 1 heterocycles. The van der Waals surface area contributed by atoms with E-state index in [9.17, 15) is 4.39 Å². The van der Waals surface area contributed by atoms with Crippen molar-refractivity contribution in [2.24, 2.45) is 5.73 Å². The Morgan fingerprint density at radius 3 is 2.76 bits per heavy atom. The maximum absolute atomic E-state index is 11.9. The Labute approximate surface area is 101 Å². The molecule has 0 aromatic heterocycles. The van der Waals surface area contributed by atoms with Gasteiger partial charge >= 0.3 is 0 Å². The van der Waals surface area contributed by atoms with E-state index in [0.29, 0.717) is 5.75 Å². The molecule has 0 amide bonds. The van der Waals surface area contributed by atoms with Gasteiger partial charge in [-0.3, -0.25) is 0 Å². The zero-order valence-electron chi connectivity index (χ0n) is 9.94. The summed E-state index contributed by atoms with van der Waals surface area (Å²) in [5, 5.41) is 0. The van der Waals surface area contributed by atoms with E-state index >= 15 is 0 Å². The van der Waals surface area contributed by atoms with Crippen molar-refractivity contribution in [2.45, 2.75) is 18.9 Å². The maximum atomic E-state index is 11.9. The van der Waals surface area contributed by atoms with Crippen LogP contribution in [0.15, 0.2) is 24.3 Å². The molecule has 3 nitrogen and oxygen atoms in total. The molecule has 2 N–H and O–H groups in total. The fraction of sp³-hybridized carbons (Fsp3) is 0.538. The number of benzene rings is 1. The van der Waals surface area contributed by atoms with Crippen molar-refractivity contribution in [3.63, 3.8) is 0 Å². The molecular weight excluding hydrogens is 219 g/mol. The summed E-state index contributed by atoms with van der Waals surface area (Å²) in [7, 11) is 0. The van der Waals surface area contributed by atoms with E-state index < -0.39 is 6.67 Å². The standard InChI is InChI=1S/C13H19FN2O/c14-7-9-17-13-5-3-12(4-6-13)16-8-1-2-11(15)10-16/h3-6,11H,1-2,7-10,15H2. The van der Waals surface area contributed by atoms with Crippen LogP contribution >= 0.6 is 0 Å². The molecule has 1 saturated heterocycles. The summed E-state index contributed by atoms with van der Waals surface area (Å²) in [5.74, 6) is 0.715. The van der Waals surface area contributed by atoms with Crippen molar-refractivity contribution in [1.82, 2.24) is 0 Å². The number of hydrogen-bond acceptors (Lipinski definition) is 3. The zero-order valence-corrected chi connectivity index (χ0v) is 9.94. The maximum Gasteiger partial charge on any atom is 0.123 e. The predicted octanol–water partition coefficient (Wildman–Crippen LogP) is 1.96. The van der Waals surface area contributed by atoms with Crippen molar-refractivity contribution < 1.29 is 9.13 Å². The number of piperidine rings is 1. The van der Waals surface area contributed by atoms with E-state index in [1.807, 2.05) is 24.3 Å². The Hall–Kier alpha value is -1.29. The largest absolute Gasteiger partial charge is 0.491 e. The lowest BCUT2D eigenvalue weighted by molar-refractivity contribution is 0.273. The summed E-state index contributed by atoms with van der Waals surface area (Å²) in [4.78, 5) is 2.28. The van der Waals surface area contributed by atoms with Crippen LogP contribution in [0.4, 0.5) is 10.1 Å². The van der Waals surface area contributed by atoms with Gasteiger partial charge in [-0.2, -0.15) is 0 Å². The van der Waals surface area contributed by atoms with Gasteiger partial charge in [0.15, 0.2) is 0 Å². The summed E-state index contributed by atoms with van der Waals surface area (Å²) in [6.07, 6.45) is 2.25. The van der Waals surface area contributed by atoms with E-state index in [0.717, 1.165) is 31.6 Å². The summed E-state index contributed by atoms with van der Waals surface area (Å²) in [6, 6.07) is 8.04. The van der Waals surface area contributed by atoms with E-state index in [-0.39, 0.29) is 12.6 Å². The zero-order chi connectivity index (χ0) is 12.1. The van der Waals surface area contributed by atoms with Crippen molar-refractivity contribution in [3.05, 3.63) is 24.3 Å². The third-order valence-corrected chi connectivity index (χ3v) is 3.01. The third kappa shape index (κ3) is 3.33. The van der Waals surface area contributed by atoms with Crippen LogP contribution in [0, 0.1) is 0 Å². The first-order chi connectivity index (χ1) is 8.29. The molecule has 0 radical (unpaired) electrons. The molecule has 0 aliphatic carbocycles. The quantitative estimate of drug-likeness (QED) is 0.871. The molecule has 1 aromatic rings. The highest BCUT2D eigenvalue weighted by atomic mass is 19.1. The molecule has 0 spiro atoms. The smallest absolute Gasteiger partial charge is 0.123 e. The highest BCUT2D eigenvalue weighted by molar-refractivity contribution is 5.49. The molecule has 1 atom stereocenters. The van der Waals surface area contributed by atoms with Crippen LogP contribution in [-0.2, 0) is 0 Å². The monoisotopic (exact) mass is 238 g/mol. The van der Waals surface area contributed by atoms with Gasteiger partial charge in [-0.15, -0.1) is 0 Å². The third-order valence-electron chi connectivity index (χ3n) is 3.01. The van der Waals surface area contributed by atoms with Crippen molar-refractivity contribution in [1.29, 1.82) is 0 Å². The highest BCUT2D eigenvalue weighted by Gasteiger charge is 2.16. The highest BCUT2D eigenvalue weighted by Crippen LogP contribution is 2.22. The Kier molecular flexibility index (Phi) is 4.20. The Morgan fingerprint density at radius 2 is 2.12 bits per heavy atom. The van der Waals surface area contributed by atoms with E-state index in [1.54, 1.807) is 0 Å². The second kappa shape index (κ2) is 5.87. The van der Waals surface area contributed by atoms with Crippen LogP contribution in [-0.4, -0.2) is 32.4 Å². The predicted molar refractivity (Wildman–Crippen MR) is 67.3 cm³/mol. The number of anilines is 1. The second-order valence-corrected chi connectivity index (χ2v) is 4.38. The fourth-order valence-electron chi connectivity index (χ4n) is 2.15. The van der Waals surface area contributed by atoms with Gasteiger partial charge in [0.1, 0.15) is 19.0 Å². The molecule has 1 fully saturated rings. The number of rotatable bonds is 4. The molecular formula is C13H19FN2O. The molecule has 4 heteroatoms. The molecule has 0 saturated carbocycles. The minimum Gasteiger partial charge on any atom is -0.491 e. The Bertz CT molecular complexity index is 342. The van der Waals surface area contributed by atoms with Crippen molar-refractivity contribution >= 4 is 5.69 Å². The lowest BCUT2D eigenvalue weighted by Crippen LogP contribution is -2.42. The summed E-state index contributed by atoms with van der Waals surface area (Å²) >= 11 is 0. The van der Waals surface area contributed by atoms with Crippen LogP contribution in [0.1, 0.15) is 12.8 Å². The fourth-order valence-corrected chi connectivity index (χ4v) is 2.15. The van der Waals surface area contributed by atoms with E-state index in [4.69, 9.17) is 10.5 Å².